The van der Waals surface area contributed by atoms with E-state index < -0.39 is 18.0 Å². The van der Waals surface area contributed by atoms with Crippen LogP contribution in [0.2, 0.25) is 0 Å². The molecule has 0 fully saturated rings. The quantitative estimate of drug-likeness (QED) is 0.650. The van der Waals surface area contributed by atoms with E-state index in [4.69, 9.17) is 0 Å². The van der Waals surface area contributed by atoms with Gasteiger partial charge in [0.25, 0.3) is 0 Å². The maximum absolute atomic E-state index is 12.0. The normalized spacial score (nSPS) is 23.3. The predicted octanol–water partition coefficient (Wildman–Crippen LogP) is 0.856. The number of rotatable bonds is 1. The van der Waals surface area contributed by atoms with Gasteiger partial charge in [-0.15, -0.1) is 0 Å². The standard InChI is InChI=1S/C6H7F3N2O/c1-3(12)4-2-5(11-10-4)6(7,8)9/h5,11H,2H2,1H3/t5-/m1/s1. The molecule has 1 rings (SSSR count). The minimum Gasteiger partial charge on any atom is -0.297 e. The number of alkyl halides is 3. The topological polar surface area (TPSA) is 41.5 Å². The second-order valence-electron chi connectivity index (χ2n) is 2.54. The Morgan fingerprint density at radius 1 is 1.67 bits per heavy atom. The monoisotopic (exact) mass is 180 g/mol. The molecule has 0 aromatic rings. The summed E-state index contributed by atoms with van der Waals surface area (Å²) in [5.74, 6) is -0.422. The van der Waals surface area contributed by atoms with Crippen LogP contribution in [-0.2, 0) is 4.79 Å². The number of hydrogen-bond acceptors (Lipinski definition) is 3. The van der Waals surface area contributed by atoms with Gasteiger partial charge in [-0.05, 0) is 0 Å². The van der Waals surface area contributed by atoms with Gasteiger partial charge in [0.15, 0.2) is 5.78 Å². The van der Waals surface area contributed by atoms with Crippen LogP contribution in [0.5, 0.6) is 0 Å². The van der Waals surface area contributed by atoms with E-state index in [0.717, 1.165) is 0 Å². The Balaban J connectivity index is 2.59. The van der Waals surface area contributed by atoms with Gasteiger partial charge in [0, 0.05) is 13.3 Å². The highest BCUT2D eigenvalue weighted by atomic mass is 19.4. The van der Waals surface area contributed by atoms with Crippen molar-refractivity contribution in [2.75, 3.05) is 0 Å². The molecule has 1 heterocycles. The molecule has 0 aromatic heterocycles. The van der Waals surface area contributed by atoms with Gasteiger partial charge in [0.1, 0.15) is 11.8 Å². The lowest BCUT2D eigenvalue weighted by Gasteiger charge is -2.12. The predicted molar refractivity (Wildman–Crippen MR) is 35.7 cm³/mol. The highest BCUT2D eigenvalue weighted by Gasteiger charge is 2.43. The summed E-state index contributed by atoms with van der Waals surface area (Å²) in [7, 11) is 0. The van der Waals surface area contributed by atoms with Gasteiger partial charge < -0.3 is 0 Å². The zero-order chi connectivity index (χ0) is 9.35. The van der Waals surface area contributed by atoms with Crippen molar-refractivity contribution in [3.05, 3.63) is 0 Å². The summed E-state index contributed by atoms with van der Waals surface area (Å²) in [6, 6.07) is -1.70. The Labute approximate surface area is 66.6 Å². The van der Waals surface area contributed by atoms with Crippen molar-refractivity contribution in [3.8, 4) is 0 Å². The van der Waals surface area contributed by atoms with E-state index >= 15 is 0 Å². The van der Waals surface area contributed by atoms with Gasteiger partial charge in [-0.3, -0.25) is 10.2 Å². The molecule has 3 nitrogen and oxygen atoms in total. The van der Waals surface area contributed by atoms with Gasteiger partial charge in [-0.1, -0.05) is 0 Å². The zero-order valence-electron chi connectivity index (χ0n) is 6.27. The Hall–Kier alpha value is -1.07. The molecule has 1 aliphatic rings. The third kappa shape index (κ3) is 1.75. The molecule has 0 radical (unpaired) electrons. The Bertz CT molecular complexity index is 233. The van der Waals surface area contributed by atoms with Crippen molar-refractivity contribution in [2.45, 2.75) is 25.6 Å². The van der Waals surface area contributed by atoms with Crippen LogP contribution in [0.4, 0.5) is 13.2 Å². The van der Waals surface area contributed by atoms with Crippen LogP contribution in [0.3, 0.4) is 0 Å². The van der Waals surface area contributed by atoms with Crippen LogP contribution in [-0.4, -0.2) is 23.7 Å². The van der Waals surface area contributed by atoms with Crippen molar-refractivity contribution >= 4 is 11.5 Å². The first-order chi connectivity index (χ1) is 5.41. The van der Waals surface area contributed by atoms with Crippen molar-refractivity contribution in [1.29, 1.82) is 0 Å². The van der Waals surface area contributed by atoms with Crippen LogP contribution < -0.4 is 5.43 Å². The molecule has 0 aliphatic carbocycles. The summed E-state index contributed by atoms with van der Waals surface area (Å²) in [4.78, 5) is 10.6. The first kappa shape index (κ1) is 9.02. The van der Waals surface area contributed by atoms with Crippen molar-refractivity contribution in [3.63, 3.8) is 0 Å². The average Bonchev–Trinajstić information content (AvgIpc) is 2.30. The molecule has 0 aromatic carbocycles. The lowest BCUT2D eigenvalue weighted by atomic mass is 10.1. The molecule has 0 amide bonds. The van der Waals surface area contributed by atoms with Gasteiger partial charge in [-0.25, -0.2) is 0 Å². The second-order valence-corrected chi connectivity index (χ2v) is 2.54. The molecule has 0 saturated heterocycles. The first-order valence-electron chi connectivity index (χ1n) is 3.31. The molecule has 6 heteroatoms. The smallest absolute Gasteiger partial charge is 0.297 e. The SMILES string of the molecule is CC(=O)C1=NN[C@@H](C(F)(F)F)C1. The van der Waals surface area contributed by atoms with Crippen LogP contribution in [0.15, 0.2) is 5.10 Å². The number of nitrogens with one attached hydrogen (secondary N) is 1. The maximum atomic E-state index is 12.0. The molecule has 68 valence electrons. The molecule has 1 atom stereocenters. The largest absolute Gasteiger partial charge is 0.410 e. The fraction of sp³-hybridized carbons (Fsp3) is 0.667. The van der Waals surface area contributed by atoms with E-state index in [1.54, 1.807) is 0 Å². The fourth-order valence-corrected chi connectivity index (χ4v) is 0.852. The van der Waals surface area contributed by atoms with Crippen molar-refractivity contribution in [2.24, 2.45) is 5.10 Å². The van der Waals surface area contributed by atoms with E-state index in [1.807, 2.05) is 5.43 Å². The van der Waals surface area contributed by atoms with Crippen LogP contribution in [0.25, 0.3) is 0 Å². The number of hydrazone groups is 1. The molecule has 1 aliphatic heterocycles. The highest BCUT2D eigenvalue weighted by Crippen LogP contribution is 2.25. The van der Waals surface area contributed by atoms with Crippen LogP contribution in [0.1, 0.15) is 13.3 Å². The van der Waals surface area contributed by atoms with E-state index in [2.05, 4.69) is 5.10 Å². The number of Topliss-reactive ketones (excluding diaryl/α,β-unsaturated/α-hetero) is 1. The highest BCUT2D eigenvalue weighted by molar-refractivity contribution is 6.39. The second kappa shape index (κ2) is 2.76. The van der Waals surface area contributed by atoms with Crippen LogP contribution in [0, 0.1) is 0 Å². The van der Waals surface area contributed by atoms with E-state index in [1.165, 1.54) is 6.92 Å². The lowest BCUT2D eigenvalue weighted by molar-refractivity contribution is -0.152. The zero-order valence-corrected chi connectivity index (χ0v) is 6.27. The number of nitrogens with zero attached hydrogens (tertiary/aromatic N) is 1. The van der Waals surface area contributed by atoms with Crippen molar-refractivity contribution < 1.29 is 18.0 Å². The number of halogens is 3. The lowest BCUT2D eigenvalue weighted by Crippen LogP contribution is -2.36. The van der Waals surface area contributed by atoms with E-state index in [0.29, 0.717) is 0 Å². The Morgan fingerprint density at radius 2 is 2.25 bits per heavy atom. The third-order valence-electron chi connectivity index (χ3n) is 1.55. The van der Waals surface area contributed by atoms with Gasteiger partial charge in [0.05, 0.1) is 0 Å². The molecule has 12 heavy (non-hydrogen) atoms. The Morgan fingerprint density at radius 3 is 2.50 bits per heavy atom. The fourth-order valence-electron chi connectivity index (χ4n) is 0.852. The number of carbonyl (C=O) groups is 1. The molecule has 0 bridgehead atoms. The third-order valence-corrected chi connectivity index (χ3v) is 1.55. The molecular weight excluding hydrogens is 173 g/mol. The Kier molecular flexibility index (Phi) is 2.08. The molecule has 1 N–H and O–H groups in total. The first-order valence-corrected chi connectivity index (χ1v) is 3.31. The summed E-state index contributed by atoms with van der Waals surface area (Å²) < 4.78 is 35.9. The summed E-state index contributed by atoms with van der Waals surface area (Å²) in [5, 5.41) is 3.28. The summed E-state index contributed by atoms with van der Waals surface area (Å²) in [5.41, 5.74) is 1.83. The van der Waals surface area contributed by atoms with E-state index in [-0.39, 0.29) is 12.1 Å². The number of ketones is 1. The summed E-state index contributed by atoms with van der Waals surface area (Å²) in [6.45, 7) is 1.19. The summed E-state index contributed by atoms with van der Waals surface area (Å²) >= 11 is 0. The van der Waals surface area contributed by atoms with Gasteiger partial charge in [-0.2, -0.15) is 18.3 Å². The van der Waals surface area contributed by atoms with Crippen molar-refractivity contribution in [1.82, 2.24) is 5.43 Å². The average molecular weight is 180 g/mol. The van der Waals surface area contributed by atoms with Crippen LogP contribution >= 0.6 is 0 Å². The molecule has 0 saturated carbocycles. The molecule has 0 spiro atoms. The van der Waals surface area contributed by atoms with E-state index in [9.17, 15) is 18.0 Å². The number of carbonyl (C=O) groups excluding carboxylic acids is 1. The number of hydrogen-bond donors (Lipinski definition) is 1. The minimum atomic E-state index is -4.33. The van der Waals surface area contributed by atoms with Gasteiger partial charge in [0.2, 0.25) is 0 Å². The minimum absolute atomic E-state index is 0.0441. The molecular formula is C6H7F3N2O. The molecule has 0 unspecified atom stereocenters. The van der Waals surface area contributed by atoms with Gasteiger partial charge >= 0.3 is 6.18 Å². The summed E-state index contributed by atoms with van der Waals surface area (Å²) in [6.07, 6.45) is -4.69. The maximum Gasteiger partial charge on any atom is 0.410 e.